The standard InChI is InChI=1S/C45H60O3/c1-7-13-37-25-34(26-38(14-8-2)43(37)46)22-31-19-32(23-35-27-39(15-9-3)44(47)40(28-35)16-10-4)21-33(20-31)24-36-29-41(17-11-5)45(48)42(30-36)18-12-6/h19-21,25-30,46-48H,7-18,22-24H2,1-6H3. The molecule has 0 saturated heterocycles. The molecule has 0 fully saturated rings. The Morgan fingerprint density at radius 1 is 0.292 bits per heavy atom. The van der Waals surface area contributed by atoms with E-state index < -0.39 is 0 Å². The van der Waals surface area contributed by atoms with Gasteiger partial charge in [0, 0.05) is 0 Å². The van der Waals surface area contributed by atoms with Crippen molar-refractivity contribution in [1.29, 1.82) is 0 Å². The van der Waals surface area contributed by atoms with Gasteiger partial charge < -0.3 is 15.3 Å². The van der Waals surface area contributed by atoms with Gasteiger partial charge in [0.15, 0.2) is 0 Å². The van der Waals surface area contributed by atoms with Crippen molar-refractivity contribution in [3.63, 3.8) is 0 Å². The van der Waals surface area contributed by atoms with E-state index in [4.69, 9.17) is 0 Å². The van der Waals surface area contributed by atoms with Crippen LogP contribution >= 0.6 is 0 Å². The van der Waals surface area contributed by atoms with Gasteiger partial charge in [-0.1, -0.05) is 135 Å². The molecule has 0 saturated carbocycles. The number of hydrogen-bond donors (Lipinski definition) is 3. The largest absolute Gasteiger partial charge is 0.507 e. The minimum absolute atomic E-state index is 0.480. The summed E-state index contributed by atoms with van der Waals surface area (Å²) in [5, 5.41) is 33.0. The fraction of sp³-hybridized carbons (Fsp3) is 0.467. The van der Waals surface area contributed by atoms with Gasteiger partial charge in [0.2, 0.25) is 0 Å². The van der Waals surface area contributed by atoms with Crippen LogP contribution in [0, 0.1) is 0 Å². The zero-order valence-corrected chi connectivity index (χ0v) is 30.6. The molecule has 0 aliphatic heterocycles. The zero-order chi connectivity index (χ0) is 34.6. The van der Waals surface area contributed by atoms with Crippen LogP contribution in [0.5, 0.6) is 17.2 Å². The van der Waals surface area contributed by atoms with E-state index in [9.17, 15) is 15.3 Å². The van der Waals surface area contributed by atoms with E-state index in [-0.39, 0.29) is 0 Å². The second-order valence-corrected chi connectivity index (χ2v) is 14.0. The Bertz CT molecular complexity index is 1360. The maximum atomic E-state index is 11.0. The van der Waals surface area contributed by atoms with Crippen molar-refractivity contribution in [2.24, 2.45) is 0 Å². The van der Waals surface area contributed by atoms with Crippen LogP contribution in [0.3, 0.4) is 0 Å². The van der Waals surface area contributed by atoms with E-state index in [1.165, 1.54) is 33.4 Å². The third-order valence-corrected chi connectivity index (χ3v) is 9.44. The minimum atomic E-state index is 0.480. The molecule has 3 nitrogen and oxygen atoms in total. The predicted octanol–water partition coefficient (Wildman–Crippen LogP) is 11.3. The van der Waals surface area contributed by atoms with Gasteiger partial charge >= 0.3 is 0 Å². The molecule has 0 spiro atoms. The summed E-state index contributed by atoms with van der Waals surface area (Å²) < 4.78 is 0. The van der Waals surface area contributed by atoms with Crippen LogP contribution in [0.25, 0.3) is 0 Å². The molecule has 48 heavy (non-hydrogen) atoms. The van der Waals surface area contributed by atoms with Crippen LogP contribution in [-0.4, -0.2) is 15.3 Å². The summed E-state index contributed by atoms with van der Waals surface area (Å²) >= 11 is 0. The number of aryl methyl sites for hydroxylation is 6. The molecule has 4 aromatic rings. The van der Waals surface area contributed by atoms with Gasteiger partial charge in [-0.2, -0.15) is 0 Å². The summed E-state index contributed by atoms with van der Waals surface area (Å²) in [5.74, 6) is 1.44. The first kappa shape index (κ1) is 37.1. The highest BCUT2D eigenvalue weighted by Gasteiger charge is 2.15. The fourth-order valence-corrected chi connectivity index (χ4v) is 7.41. The molecule has 3 heteroatoms. The van der Waals surface area contributed by atoms with Gasteiger partial charge in [0.05, 0.1) is 0 Å². The number of rotatable bonds is 18. The minimum Gasteiger partial charge on any atom is -0.507 e. The first-order valence-corrected chi connectivity index (χ1v) is 18.9. The number of hydrogen-bond acceptors (Lipinski definition) is 3. The highest BCUT2D eigenvalue weighted by atomic mass is 16.3. The number of phenolic OH excluding ortho intramolecular Hbond substituents is 3. The number of phenols is 3. The molecule has 0 bridgehead atoms. The molecule has 0 amide bonds. The highest BCUT2D eigenvalue weighted by Crippen LogP contribution is 2.32. The Hall–Kier alpha value is -3.72. The normalized spacial score (nSPS) is 11.4. The van der Waals surface area contributed by atoms with Crippen LogP contribution in [0.15, 0.2) is 54.6 Å². The van der Waals surface area contributed by atoms with Crippen molar-refractivity contribution < 1.29 is 15.3 Å². The molecule has 3 N–H and O–H groups in total. The highest BCUT2D eigenvalue weighted by molar-refractivity contribution is 5.49. The van der Waals surface area contributed by atoms with Gasteiger partial charge in [-0.05, 0) is 125 Å². The summed E-state index contributed by atoms with van der Waals surface area (Å²) in [7, 11) is 0. The van der Waals surface area contributed by atoms with Crippen molar-refractivity contribution in [3.05, 3.63) is 121 Å². The van der Waals surface area contributed by atoms with Gasteiger partial charge in [-0.15, -0.1) is 0 Å². The van der Waals surface area contributed by atoms with E-state index in [0.717, 1.165) is 130 Å². The molecule has 258 valence electrons. The van der Waals surface area contributed by atoms with Crippen molar-refractivity contribution in [1.82, 2.24) is 0 Å². The second kappa shape index (κ2) is 18.2. The van der Waals surface area contributed by atoms with E-state index in [1.54, 1.807) is 0 Å². The first-order valence-electron chi connectivity index (χ1n) is 18.9. The molecule has 0 radical (unpaired) electrons. The lowest BCUT2D eigenvalue weighted by molar-refractivity contribution is 0.459. The van der Waals surface area contributed by atoms with Gasteiger partial charge in [0.1, 0.15) is 17.2 Å². The zero-order valence-electron chi connectivity index (χ0n) is 30.6. The quantitative estimate of drug-likeness (QED) is 0.101. The smallest absolute Gasteiger partial charge is 0.121 e. The van der Waals surface area contributed by atoms with Crippen molar-refractivity contribution in [2.45, 2.75) is 138 Å². The van der Waals surface area contributed by atoms with Gasteiger partial charge in [-0.3, -0.25) is 0 Å². The molecular weight excluding hydrogens is 588 g/mol. The van der Waals surface area contributed by atoms with Gasteiger partial charge in [-0.25, -0.2) is 0 Å². The average molecular weight is 649 g/mol. The molecule has 0 heterocycles. The lowest BCUT2D eigenvalue weighted by Crippen LogP contribution is -2.02. The summed E-state index contributed by atoms with van der Waals surface area (Å²) in [4.78, 5) is 0. The van der Waals surface area contributed by atoms with Crippen molar-refractivity contribution >= 4 is 0 Å². The van der Waals surface area contributed by atoms with Crippen LogP contribution in [0.2, 0.25) is 0 Å². The van der Waals surface area contributed by atoms with E-state index in [0.29, 0.717) is 17.2 Å². The molecule has 0 atom stereocenters. The molecular formula is C45H60O3. The molecule has 0 aliphatic rings. The molecule has 4 rings (SSSR count). The number of aromatic hydroxyl groups is 3. The van der Waals surface area contributed by atoms with Gasteiger partial charge in [0.25, 0.3) is 0 Å². The van der Waals surface area contributed by atoms with E-state index in [1.807, 2.05) is 0 Å². The van der Waals surface area contributed by atoms with Crippen molar-refractivity contribution in [2.75, 3.05) is 0 Å². The summed E-state index contributed by atoms with van der Waals surface area (Å²) in [6, 6.07) is 20.4. The summed E-state index contributed by atoms with van der Waals surface area (Å²) in [6.45, 7) is 13.0. The molecule has 0 unspecified atom stereocenters. The SMILES string of the molecule is CCCc1cc(Cc2cc(Cc3cc(CCC)c(O)c(CCC)c3)cc(Cc3cc(CCC)c(O)c(CCC)c3)c2)cc(CCC)c1O. The maximum Gasteiger partial charge on any atom is 0.121 e. The fourth-order valence-electron chi connectivity index (χ4n) is 7.41. The topological polar surface area (TPSA) is 60.7 Å². The van der Waals surface area contributed by atoms with Crippen LogP contribution < -0.4 is 0 Å². The van der Waals surface area contributed by atoms with Crippen molar-refractivity contribution in [3.8, 4) is 17.2 Å². The Labute approximate surface area is 291 Å². The Morgan fingerprint density at radius 3 is 0.625 bits per heavy atom. The van der Waals surface area contributed by atoms with E-state index >= 15 is 0 Å². The first-order chi connectivity index (χ1) is 23.2. The van der Waals surface area contributed by atoms with Crippen LogP contribution in [0.1, 0.15) is 147 Å². The van der Waals surface area contributed by atoms with Crippen LogP contribution in [-0.2, 0) is 57.8 Å². The predicted molar refractivity (Wildman–Crippen MR) is 203 cm³/mol. The lowest BCUT2D eigenvalue weighted by Gasteiger charge is -2.16. The summed E-state index contributed by atoms with van der Waals surface area (Å²) in [6.07, 6.45) is 13.7. The molecule has 0 aliphatic carbocycles. The van der Waals surface area contributed by atoms with E-state index in [2.05, 4.69) is 96.1 Å². The monoisotopic (exact) mass is 648 g/mol. The second-order valence-electron chi connectivity index (χ2n) is 14.0. The third kappa shape index (κ3) is 9.68. The number of benzene rings is 4. The van der Waals surface area contributed by atoms with Crippen LogP contribution in [0.4, 0.5) is 0 Å². The Morgan fingerprint density at radius 2 is 0.458 bits per heavy atom. The third-order valence-electron chi connectivity index (χ3n) is 9.44. The summed E-state index contributed by atoms with van der Waals surface area (Å²) in [5.41, 5.74) is 13.9. The average Bonchev–Trinajstić information content (AvgIpc) is 3.04. The Kier molecular flexibility index (Phi) is 14.0. The molecule has 0 aromatic heterocycles. The maximum absolute atomic E-state index is 11.0. The Balaban J connectivity index is 1.80. The lowest BCUT2D eigenvalue weighted by atomic mass is 9.90. The molecule has 4 aromatic carbocycles.